The van der Waals surface area contributed by atoms with Gasteiger partial charge >= 0.3 is 0 Å². The monoisotopic (exact) mass is 335 g/mol. The molecule has 3 rings (SSSR count). The zero-order chi connectivity index (χ0) is 17.8. The van der Waals surface area contributed by atoms with Gasteiger partial charge in [-0.05, 0) is 56.2 Å². The summed E-state index contributed by atoms with van der Waals surface area (Å²) in [5, 5.41) is 16.2. The van der Waals surface area contributed by atoms with E-state index < -0.39 is 0 Å². The highest BCUT2D eigenvalue weighted by Gasteiger charge is 2.13. The number of rotatable bonds is 5. The van der Waals surface area contributed by atoms with Gasteiger partial charge in [-0.1, -0.05) is 29.8 Å². The quantitative estimate of drug-likeness (QED) is 0.752. The first-order chi connectivity index (χ1) is 12.1. The number of nitrogens with one attached hydrogen (secondary N) is 1. The van der Waals surface area contributed by atoms with E-state index in [1.165, 1.54) is 5.56 Å². The number of hydrogen-bond donors (Lipinski definition) is 2. The highest BCUT2D eigenvalue weighted by atomic mass is 16.3. The van der Waals surface area contributed by atoms with Gasteiger partial charge in [-0.2, -0.15) is 5.10 Å². The standard InChI is InChI=1S/C20H21N3O2/c1-14-3-9-18(10-4-14)23-15(2)13-19(22-23)20(25)21-17-7-5-16(6-8-17)11-12-24/h3-10,13,24H,11-12H2,1-2H3,(H,21,25). The van der Waals surface area contributed by atoms with Gasteiger partial charge in [0.1, 0.15) is 0 Å². The molecule has 1 aromatic heterocycles. The summed E-state index contributed by atoms with van der Waals surface area (Å²) in [4.78, 5) is 12.4. The smallest absolute Gasteiger partial charge is 0.276 e. The Hall–Kier alpha value is -2.92. The summed E-state index contributed by atoms with van der Waals surface area (Å²) < 4.78 is 1.76. The lowest BCUT2D eigenvalue weighted by Crippen LogP contribution is -2.13. The number of aryl methyl sites for hydroxylation is 2. The van der Waals surface area contributed by atoms with Crippen LogP contribution < -0.4 is 5.32 Å². The minimum atomic E-state index is -0.246. The van der Waals surface area contributed by atoms with Crippen molar-refractivity contribution in [3.63, 3.8) is 0 Å². The molecule has 0 saturated heterocycles. The second-order valence-corrected chi connectivity index (χ2v) is 6.04. The molecule has 1 heterocycles. The van der Waals surface area contributed by atoms with Crippen LogP contribution in [-0.4, -0.2) is 27.4 Å². The molecular formula is C20H21N3O2. The van der Waals surface area contributed by atoms with Gasteiger partial charge < -0.3 is 10.4 Å². The van der Waals surface area contributed by atoms with Crippen molar-refractivity contribution in [2.45, 2.75) is 20.3 Å². The maximum absolute atomic E-state index is 12.4. The molecule has 0 saturated carbocycles. The summed E-state index contributed by atoms with van der Waals surface area (Å²) in [6, 6.07) is 17.2. The number of nitrogens with zero attached hydrogens (tertiary/aromatic N) is 2. The molecule has 2 aromatic carbocycles. The van der Waals surface area contributed by atoms with Crippen LogP contribution in [0.25, 0.3) is 5.69 Å². The molecule has 5 heteroatoms. The molecule has 0 unspecified atom stereocenters. The molecule has 0 atom stereocenters. The van der Waals surface area contributed by atoms with Crippen LogP contribution in [0.5, 0.6) is 0 Å². The molecule has 0 aliphatic rings. The van der Waals surface area contributed by atoms with E-state index in [1.807, 2.05) is 62.4 Å². The van der Waals surface area contributed by atoms with Crippen LogP contribution in [-0.2, 0) is 6.42 Å². The van der Waals surface area contributed by atoms with Gasteiger partial charge in [0, 0.05) is 18.0 Å². The van der Waals surface area contributed by atoms with Gasteiger partial charge in [-0.3, -0.25) is 4.79 Å². The van der Waals surface area contributed by atoms with Crippen molar-refractivity contribution < 1.29 is 9.90 Å². The van der Waals surface area contributed by atoms with E-state index in [0.29, 0.717) is 17.8 Å². The van der Waals surface area contributed by atoms with Crippen molar-refractivity contribution in [1.29, 1.82) is 0 Å². The summed E-state index contributed by atoms with van der Waals surface area (Å²) in [7, 11) is 0. The molecule has 0 fully saturated rings. The van der Waals surface area contributed by atoms with E-state index in [2.05, 4.69) is 10.4 Å². The highest BCUT2D eigenvalue weighted by Crippen LogP contribution is 2.15. The molecular weight excluding hydrogens is 314 g/mol. The van der Waals surface area contributed by atoms with Gasteiger partial charge in [0.15, 0.2) is 5.69 Å². The van der Waals surface area contributed by atoms with Crippen LogP contribution in [0, 0.1) is 13.8 Å². The first-order valence-electron chi connectivity index (χ1n) is 8.21. The van der Waals surface area contributed by atoms with E-state index in [0.717, 1.165) is 16.9 Å². The fourth-order valence-electron chi connectivity index (χ4n) is 2.61. The summed E-state index contributed by atoms with van der Waals surface area (Å²) in [6.07, 6.45) is 0.606. The predicted octanol–water partition coefficient (Wildman–Crippen LogP) is 3.28. The topological polar surface area (TPSA) is 67.2 Å². The summed E-state index contributed by atoms with van der Waals surface area (Å²) in [5.41, 5.74) is 5.10. The molecule has 5 nitrogen and oxygen atoms in total. The molecule has 0 bridgehead atoms. The van der Waals surface area contributed by atoms with Gasteiger partial charge in [0.2, 0.25) is 0 Å². The molecule has 0 aliphatic carbocycles. The van der Waals surface area contributed by atoms with E-state index in [1.54, 1.807) is 10.7 Å². The average Bonchev–Trinajstić information content (AvgIpc) is 3.00. The van der Waals surface area contributed by atoms with Crippen molar-refractivity contribution in [2.75, 3.05) is 11.9 Å². The fraction of sp³-hybridized carbons (Fsp3) is 0.200. The summed E-state index contributed by atoms with van der Waals surface area (Å²) >= 11 is 0. The molecule has 128 valence electrons. The molecule has 0 spiro atoms. The fourth-order valence-corrected chi connectivity index (χ4v) is 2.61. The zero-order valence-electron chi connectivity index (χ0n) is 14.4. The number of hydrogen-bond acceptors (Lipinski definition) is 3. The number of carbonyl (C=O) groups excluding carboxylic acids is 1. The van der Waals surface area contributed by atoms with Crippen molar-refractivity contribution >= 4 is 11.6 Å². The number of aromatic nitrogens is 2. The Morgan fingerprint density at radius 1 is 1.08 bits per heavy atom. The SMILES string of the molecule is Cc1ccc(-n2nc(C(=O)Nc3ccc(CCO)cc3)cc2C)cc1. The van der Waals surface area contributed by atoms with Crippen molar-refractivity contribution in [3.8, 4) is 5.69 Å². The Balaban J connectivity index is 1.76. The maximum Gasteiger partial charge on any atom is 0.276 e. The van der Waals surface area contributed by atoms with E-state index in [4.69, 9.17) is 5.11 Å². The number of carbonyl (C=O) groups is 1. The number of amides is 1. The molecule has 3 aromatic rings. The normalized spacial score (nSPS) is 10.7. The van der Waals surface area contributed by atoms with Crippen LogP contribution in [0.2, 0.25) is 0 Å². The largest absolute Gasteiger partial charge is 0.396 e. The lowest BCUT2D eigenvalue weighted by Gasteiger charge is -2.05. The van der Waals surface area contributed by atoms with Crippen LogP contribution in [0.3, 0.4) is 0 Å². The van der Waals surface area contributed by atoms with Gasteiger partial charge in [-0.15, -0.1) is 0 Å². The van der Waals surface area contributed by atoms with Crippen molar-refractivity contribution in [2.24, 2.45) is 0 Å². The van der Waals surface area contributed by atoms with Crippen LogP contribution >= 0.6 is 0 Å². The third-order valence-corrected chi connectivity index (χ3v) is 4.01. The Morgan fingerprint density at radius 2 is 1.76 bits per heavy atom. The van der Waals surface area contributed by atoms with Crippen molar-refractivity contribution in [1.82, 2.24) is 9.78 Å². The third kappa shape index (κ3) is 3.95. The summed E-state index contributed by atoms with van der Waals surface area (Å²) in [6.45, 7) is 4.07. The number of aliphatic hydroxyl groups excluding tert-OH is 1. The Kier molecular flexibility index (Phi) is 4.95. The second kappa shape index (κ2) is 7.32. The van der Waals surface area contributed by atoms with Crippen LogP contribution in [0.15, 0.2) is 54.6 Å². The van der Waals surface area contributed by atoms with Crippen LogP contribution in [0.1, 0.15) is 27.3 Å². The van der Waals surface area contributed by atoms with Gasteiger partial charge in [-0.25, -0.2) is 4.68 Å². The maximum atomic E-state index is 12.4. The predicted molar refractivity (Wildman–Crippen MR) is 98.2 cm³/mol. The van der Waals surface area contributed by atoms with Crippen molar-refractivity contribution in [3.05, 3.63) is 77.1 Å². The minimum absolute atomic E-state index is 0.113. The Labute approximate surface area is 146 Å². The molecule has 25 heavy (non-hydrogen) atoms. The first-order valence-corrected chi connectivity index (χ1v) is 8.21. The van der Waals surface area contributed by atoms with Crippen LogP contribution in [0.4, 0.5) is 5.69 Å². The molecule has 2 N–H and O–H groups in total. The first kappa shape index (κ1) is 16.9. The molecule has 0 radical (unpaired) electrons. The third-order valence-electron chi connectivity index (χ3n) is 4.01. The summed E-state index contributed by atoms with van der Waals surface area (Å²) in [5.74, 6) is -0.246. The Bertz CT molecular complexity index is 865. The minimum Gasteiger partial charge on any atom is -0.396 e. The lowest BCUT2D eigenvalue weighted by molar-refractivity contribution is 0.102. The molecule has 1 amide bonds. The number of anilines is 1. The van der Waals surface area contributed by atoms with E-state index in [-0.39, 0.29) is 12.5 Å². The highest BCUT2D eigenvalue weighted by molar-refractivity contribution is 6.02. The Morgan fingerprint density at radius 3 is 2.40 bits per heavy atom. The zero-order valence-corrected chi connectivity index (χ0v) is 14.4. The number of aliphatic hydroxyl groups is 1. The van der Waals surface area contributed by atoms with Gasteiger partial charge in [0.05, 0.1) is 5.69 Å². The average molecular weight is 335 g/mol. The second-order valence-electron chi connectivity index (χ2n) is 6.04. The molecule has 0 aliphatic heterocycles. The van der Waals surface area contributed by atoms with E-state index in [9.17, 15) is 4.79 Å². The number of benzene rings is 2. The van der Waals surface area contributed by atoms with E-state index >= 15 is 0 Å². The lowest BCUT2D eigenvalue weighted by atomic mass is 10.1. The van der Waals surface area contributed by atoms with Gasteiger partial charge in [0.25, 0.3) is 5.91 Å².